The van der Waals surface area contributed by atoms with E-state index in [1.807, 2.05) is 0 Å². The van der Waals surface area contributed by atoms with Crippen LogP contribution in [-0.4, -0.2) is 5.91 Å². The Morgan fingerprint density at radius 2 is 2.50 bits per heavy atom. The minimum Gasteiger partial charge on any atom is -0.294 e. The van der Waals surface area contributed by atoms with Crippen molar-refractivity contribution in [3.63, 3.8) is 0 Å². The average molecular weight is 142 g/mol. The lowest BCUT2D eigenvalue weighted by molar-refractivity contribution is -0.123. The predicted molar refractivity (Wildman–Crippen MR) is 38.8 cm³/mol. The lowest BCUT2D eigenvalue weighted by atomic mass is 10.0. The first-order valence-corrected chi connectivity index (χ1v) is 3.64. The van der Waals surface area contributed by atoms with Gasteiger partial charge in [0, 0.05) is 5.92 Å². The Morgan fingerprint density at radius 1 is 1.90 bits per heavy atom. The maximum atomic E-state index is 10.9. The van der Waals surface area contributed by atoms with Crippen molar-refractivity contribution in [2.45, 2.75) is 26.7 Å². The number of carbonyl (C=O) groups is 1. The monoisotopic (exact) mass is 142 g/mol. The van der Waals surface area contributed by atoms with Gasteiger partial charge in [-0.1, -0.05) is 13.8 Å². The average Bonchev–Trinajstić information content (AvgIpc) is 2.62. The van der Waals surface area contributed by atoms with Crippen LogP contribution in [-0.2, 0) is 4.79 Å². The molecule has 0 heterocycles. The van der Waals surface area contributed by atoms with Gasteiger partial charge in [-0.15, -0.1) is 0 Å². The normalized spacial score (nSPS) is 37.3. The third kappa shape index (κ3) is 1.01. The zero-order valence-corrected chi connectivity index (χ0v) is 6.48. The molecule has 1 aliphatic rings. The first-order chi connectivity index (χ1) is 4.64. The van der Waals surface area contributed by atoms with E-state index in [-0.39, 0.29) is 17.2 Å². The Morgan fingerprint density at radius 3 is 2.80 bits per heavy atom. The second-order valence-corrected chi connectivity index (χ2v) is 3.27. The lowest BCUT2D eigenvalue weighted by Crippen LogP contribution is -2.32. The molecule has 58 valence electrons. The van der Waals surface area contributed by atoms with Gasteiger partial charge >= 0.3 is 0 Å². The highest BCUT2D eigenvalue weighted by atomic mass is 16.2. The van der Waals surface area contributed by atoms with Crippen LogP contribution in [0, 0.1) is 11.3 Å². The molecule has 3 nitrogen and oxygen atoms in total. The van der Waals surface area contributed by atoms with Crippen LogP contribution in [0.5, 0.6) is 0 Å². The molecule has 1 amide bonds. The molecule has 10 heavy (non-hydrogen) atoms. The molecule has 1 saturated carbocycles. The molecule has 3 heteroatoms. The molecule has 0 saturated heterocycles. The minimum absolute atomic E-state index is 0.00986. The maximum absolute atomic E-state index is 10.9. The first kappa shape index (κ1) is 7.54. The van der Waals surface area contributed by atoms with Gasteiger partial charge in [-0.2, -0.15) is 0 Å². The number of hydrogen-bond donors (Lipinski definition) is 2. The van der Waals surface area contributed by atoms with Crippen molar-refractivity contribution in [3.8, 4) is 0 Å². The van der Waals surface area contributed by atoms with E-state index in [9.17, 15) is 4.79 Å². The van der Waals surface area contributed by atoms with Crippen LogP contribution in [0.15, 0.2) is 0 Å². The Labute approximate surface area is 60.9 Å². The van der Waals surface area contributed by atoms with E-state index in [0.29, 0.717) is 0 Å². The zero-order valence-electron chi connectivity index (χ0n) is 6.48. The van der Waals surface area contributed by atoms with Gasteiger partial charge in [-0.05, 0) is 18.3 Å². The Balaban J connectivity index is 2.44. The second-order valence-electron chi connectivity index (χ2n) is 3.27. The summed E-state index contributed by atoms with van der Waals surface area (Å²) in [6, 6.07) is 0. The summed E-state index contributed by atoms with van der Waals surface area (Å²) in [7, 11) is 0. The molecule has 1 fully saturated rings. The van der Waals surface area contributed by atoms with Gasteiger partial charge < -0.3 is 0 Å². The predicted octanol–water partition coefficient (Wildman–Crippen LogP) is 0.413. The first-order valence-electron chi connectivity index (χ1n) is 3.64. The van der Waals surface area contributed by atoms with Crippen LogP contribution >= 0.6 is 0 Å². The highest BCUT2D eigenvalue weighted by Gasteiger charge is 2.52. The van der Waals surface area contributed by atoms with E-state index in [1.165, 1.54) is 0 Å². The quantitative estimate of drug-likeness (QED) is 0.333. The molecule has 2 atom stereocenters. The van der Waals surface area contributed by atoms with Crippen molar-refractivity contribution in [1.82, 2.24) is 5.43 Å². The number of hydrazine groups is 1. The van der Waals surface area contributed by atoms with Crippen LogP contribution < -0.4 is 11.3 Å². The van der Waals surface area contributed by atoms with Gasteiger partial charge in [-0.25, -0.2) is 5.84 Å². The lowest BCUT2D eigenvalue weighted by Gasteiger charge is -2.04. The Kier molecular flexibility index (Phi) is 1.68. The van der Waals surface area contributed by atoms with Crippen LogP contribution in [0.25, 0.3) is 0 Å². The summed E-state index contributed by atoms with van der Waals surface area (Å²) < 4.78 is 0. The Bertz CT molecular complexity index is 158. The van der Waals surface area contributed by atoms with Gasteiger partial charge in [0.25, 0.3) is 0 Å². The third-order valence-corrected chi connectivity index (χ3v) is 2.62. The maximum Gasteiger partial charge on any atom is 0.237 e. The largest absolute Gasteiger partial charge is 0.294 e. The van der Waals surface area contributed by atoms with Crippen molar-refractivity contribution < 1.29 is 4.79 Å². The number of nitrogens with two attached hydrogens (primary N) is 1. The van der Waals surface area contributed by atoms with E-state index in [0.717, 1.165) is 12.8 Å². The highest BCUT2D eigenvalue weighted by molar-refractivity contribution is 5.81. The molecule has 0 aromatic carbocycles. The van der Waals surface area contributed by atoms with E-state index >= 15 is 0 Å². The topological polar surface area (TPSA) is 55.1 Å². The van der Waals surface area contributed by atoms with Crippen LogP contribution in [0.4, 0.5) is 0 Å². The molecular formula is C7H14N2O. The van der Waals surface area contributed by atoms with E-state index in [1.54, 1.807) is 0 Å². The molecule has 0 bridgehead atoms. The summed E-state index contributed by atoms with van der Waals surface area (Å²) in [5.74, 6) is 5.15. The smallest absolute Gasteiger partial charge is 0.237 e. The molecular weight excluding hydrogens is 128 g/mol. The summed E-state index contributed by atoms with van der Waals surface area (Å²) in [5.41, 5.74) is 2.42. The van der Waals surface area contributed by atoms with Crippen molar-refractivity contribution >= 4 is 5.91 Å². The zero-order chi connectivity index (χ0) is 7.78. The van der Waals surface area contributed by atoms with Crippen molar-refractivity contribution in [3.05, 3.63) is 0 Å². The standard InChI is InChI=1S/C7H14N2O/c1-3-7(2)4-5(7)6(10)9-8/h5H,3-4,8H2,1-2H3,(H,9,10)/t5-,7+/m1/s1. The van der Waals surface area contributed by atoms with E-state index in [4.69, 9.17) is 5.84 Å². The summed E-state index contributed by atoms with van der Waals surface area (Å²) >= 11 is 0. The van der Waals surface area contributed by atoms with Gasteiger partial charge in [0.05, 0.1) is 0 Å². The number of nitrogens with one attached hydrogen (secondary N) is 1. The van der Waals surface area contributed by atoms with Crippen LogP contribution in [0.1, 0.15) is 26.7 Å². The van der Waals surface area contributed by atoms with Gasteiger partial charge in [0.2, 0.25) is 5.91 Å². The molecule has 0 unspecified atom stereocenters. The summed E-state index contributed by atoms with van der Waals surface area (Å²) in [6.45, 7) is 4.22. The van der Waals surface area contributed by atoms with Crippen molar-refractivity contribution in [2.75, 3.05) is 0 Å². The molecule has 1 rings (SSSR count). The molecule has 1 aliphatic carbocycles. The van der Waals surface area contributed by atoms with E-state index in [2.05, 4.69) is 19.3 Å². The van der Waals surface area contributed by atoms with Gasteiger partial charge in [0.15, 0.2) is 0 Å². The second kappa shape index (κ2) is 2.23. The SMILES string of the molecule is CC[C@@]1(C)C[C@@H]1C(=O)NN. The highest BCUT2D eigenvalue weighted by Crippen LogP contribution is 2.54. The fourth-order valence-electron chi connectivity index (χ4n) is 1.31. The van der Waals surface area contributed by atoms with Gasteiger partial charge in [-0.3, -0.25) is 10.2 Å². The molecule has 0 spiro atoms. The number of rotatable bonds is 2. The Hall–Kier alpha value is -0.570. The van der Waals surface area contributed by atoms with Crippen LogP contribution in [0.2, 0.25) is 0 Å². The fourth-order valence-corrected chi connectivity index (χ4v) is 1.31. The summed E-state index contributed by atoms with van der Waals surface area (Å²) in [6.07, 6.45) is 2.05. The minimum atomic E-state index is -0.00986. The molecule has 0 aromatic rings. The number of amides is 1. The van der Waals surface area contributed by atoms with Crippen molar-refractivity contribution in [1.29, 1.82) is 0 Å². The summed E-state index contributed by atoms with van der Waals surface area (Å²) in [4.78, 5) is 10.9. The van der Waals surface area contributed by atoms with Gasteiger partial charge in [0.1, 0.15) is 0 Å². The molecule has 0 aromatic heterocycles. The number of carbonyl (C=O) groups excluding carboxylic acids is 1. The van der Waals surface area contributed by atoms with E-state index < -0.39 is 0 Å². The molecule has 0 radical (unpaired) electrons. The number of hydrogen-bond acceptors (Lipinski definition) is 2. The fraction of sp³-hybridized carbons (Fsp3) is 0.857. The molecule has 0 aliphatic heterocycles. The van der Waals surface area contributed by atoms with Crippen molar-refractivity contribution in [2.24, 2.45) is 17.2 Å². The summed E-state index contributed by atoms with van der Waals surface area (Å²) in [5, 5.41) is 0. The van der Waals surface area contributed by atoms with Crippen LogP contribution in [0.3, 0.4) is 0 Å². The molecule has 3 N–H and O–H groups in total. The third-order valence-electron chi connectivity index (χ3n) is 2.62.